The van der Waals surface area contributed by atoms with Gasteiger partial charge in [-0.05, 0) is 57.2 Å². The van der Waals surface area contributed by atoms with Crippen LogP contribution in [0.2, 0.25) is 0 Å². The van der Waals surface area contributed by atoms with Crippen molar-refractivity contribution < 1.29 is 23.1 Å². The Morgan fingerprint density at radius 1 is 1.05 bits per heavy atom. The molecule has 3 aromatic rings. The van der Waals surface area contributed by atoms with Crippen molar-refractivity contribution in [2.45, 2.75) is 59.3 Å². The number of aliphatic carboxylic acids is 1. The van der Waals surface area contributed by atoms with E-state index in [2.05, 4.69) is 85.3 Å². The zero-order valence-corrected chi connectivity index (χ0v) is 22.6. The summed E-state index contributed by atoms with van der Waals surface area (Å²) in [5.41, 5.74) is 8.67. The highest BCUT2D eigenvalue weighted by Crippen LogP contribution is 2.34. The fourth-order valence-electron chi connectivity index (χ4n) is 5.40. The molecule has 39 heavy (non-hydrogen) atoms. The Morgan fingerprint density at radius 3 is 2.31 bits per heavy atom. The number of likely N-dealkylation sites (tertiary alicyclic amines) is 1. The van der Waals surface area contributed by atoms with Gasteiger partial charge in [0.05, 0.1) is 0 Å². The van der Waals surface area contributed by atoms with E-state index in [9.17, 15) is 13.2 Å². The van der Waals surface area contributed by atoms with Crippen LogP contribution in [0.1, 0.15) is 39.9 Å². The first-order valence-electron chi connectivity index (χ1n) is 13.0. The number of aromatic nitrogens is 2. The molecule has 1 aromatic heterocycles. The van der Waals surface area contributed by atoms with Gasteiger partial charge in [0, 0.05) is 49.2 Å². The van der Waals surface area contributed by atoms with Crippen LogP contribution < -0.4 is 10.2 Å². The minimum absolute atomic E-state index is 0.518. The number of benzene rings is 2. The van der Waals surface area contributed by atoms with Gasteiger partial charge in [-0.3, -0.25) is 4.90 Å². The Morgan fingerprint density at radius 2 is 1.69 bits per heavy atom. The van der Waals surface area contributed by atoms with E-state index in [1.807, 2.05) is 0 Å². The molecule has 1 saturated heterocycles. The van der Waals surface area contributed by atoms with Crippen molar-refractivity contribution in [3.63, 3.8) is 0 Å². The average molecular weight is 542 g/mol. The Kier molecular flexibility index (Phi) is 8.44. The fourth-order valence-corrected chi connectivity index (χ4v) is 5.40. The number of carbonyl (C=O) groups is 1. The molecule has 0 spiro atoms. The van der Waals surface area contributed by atoms with Crippen LogP contribution in [0.5, 0.6) is 0 Å². The standard InChI is InChI=1S/C27H33N5.C2HF3O2/c1-18-14-19(2)25(20(3)15-18)29-27-28-21(4)24-11-13-32(26(24)30-27)23-10-12-31(17-23)16-22-8-6-5-7-9-22;3-2(4,5)1(6)7/h5-9,14-15,23H,10-13,16-17H2,1-4H3,(H,28,29,30);(H,6,7). The Balaban J connectivity index is 0.000000448. The lowest BCUT2D eigenvalue weighted by molar-refractivity contribution is -0.192. The van der Waals surface area contributed by atoms with Gasteiger partial charge in [-0.2, -0.15) is 18.2 Å². The average Bonchev–Trinajstić information content (AvgIpc) is 3.49. The van der Waals surface area contributed by atoms with Gasteiger partial charge in [-0.1, -0.05) is 48.0 Å². The highest BCUT2D eigenvalue weighted by atomic mass is 19.4. The summed E-state index contributed by atoms with van der Waals surface area (Å²) in [6, 6.07) is 15.7. The van der Waals surface area contributed by atoms with Crippen molar-refractivity contribution in [3.05, 3.63) is 76.0 Å². The summed E-state index contributed by atoms with van der Waals surface area (Å²) in [6.07, 6.45) is -2.85. The van der Waals surface area contributed by atoms with Gasteiger partial charge in [0.15, 0.2) is 0 Å². The number of halogens is 3. The van der Waals surface area contributed by atoms with Crippen molar-refractivity contribution >= 4 is 23.4 Å². The molecule has 7 nitrogen and oxygen atoms in total. The minimum Gasteiger partial charge on any atom is -0.475 e. The van der Waals surface area contributed by atoms with E-state index in [1.54, 1.807) is 0 Å². The maximum Gasteiger partial charge on any atom is 0.490 e. The second kappa shape index (κ2) is 11.6. The summed E-state index contributed by atoms with van der Waals surface area (Å²) in [6.45, 7) is 12.9. The molecule has 1 unspecified atom stereocenters. The summed E-state index contributed by atoms with van der Waals surface area (Å²) >= 11 is 0. The summed E-state index contributed by atoms with van der Waals surface area (Å²) in [5, 5.41) is 10.7. The van der Waals surface area contributed by atoms with Gasteiger partial charge in [0.1, 0.15) is 5.82 Å². The van der Waals surface area contributed by atoms with Crippen molar-refractivity contribution in [1.29, 1.82) is 0 Å². The third-order valence-electron chi connectivity index (χ3n) is 7.16. The number of aryl methyl sites for hydroxylation is 4. The first-order valence-corrected chi connectivity index (χ1v) is 13.0. The minimum atomic E-state index is -5.08. The maximum absolute atomic E-state index is 10.6. The molecule has 2 aliphatic heterocycles. The zero-order valence-electron chi connectivity index (χ0n) is 22.6. The molecule has 208 valence electrons. The number of hydrogen-bond donors (Lipinski definition) is 2. The monoisotopic (exact) mass is 541 g/mol. The number of fused-ring (bicyclic) bond motifs is 1. The number of nitrogens with zero attached hydrogens (tertiary/aromatic N) is 4. The molecule has 1 fully saturated rings. The first kappa shape index (κ1) is 28.4. The lowest BCUT2D eigenvalue weighted by Gasteiger charge is -2.27. The number of rotatable bonds is 5. The summed E-state index contributed by atoms with van der Waals surface area (Å²) in [4.78, 5) is 23.9. The Hall–Kier alpha value is -3.66. The topological polar surface area (TPSA) is 81.6 Å². The molecular weight excluding hydrogens is 507 g/mol. The third kappa shape index (κ3) is 6.86. The lowest BCUT2D eigenvalue weighted by atomic mass is 10.1. The van der Waals surface area contributed by atoms with E-state index in [-0.39, 0.29) is 0 Å². The van der Waals surface area contributed by atoms with Crippen LogP contribution in [0.15, 0.2) is 42.5 Å². The van der Waals surface area contributed by atoms with Gasteiger partial charge in [0.2, 0.25) is 5.95 Å². The zero-order chi connectivity index (χ0) is 28.3. The number of alkyl halides is 3. The normalized spacial score (nSPS) is 17.0. The third-order valence-corrected chi connectivity index (χ3v) is 7.16. The largest absolute Gasteiger partial charge is 0.490 e. The van der Waals surface area contributed by atoms with Crippen LogP contribution in [0.3, 0.4) is 0 Å². The predicted octanol–water partition coefficient (Wildman–Crippen LogP) is 5.72. The molecule has 0 amide bonds. The summed E-state index contributed by atoms with van der Waals surface area (Å²) in [7, 11) is 0. The molecule has 2 N–H and O–H groups in total. The number of carboxylic acids is 1. The van der Waals surface area contributed by atoms with E-state index in [0.717, 1.165) is 49.8 Å². The smallest absolute Gasteiger partial charge is 0.475 e. The first-order chi connectivity index (χ1) is 18.4. The summed E-state index contributed by atoms with van der Waals surface area (Å²) in [5.74, 6) is -0.913. The SMILES string of the molecule is Cc1cc(C)c(Nc2nc(C)c3c(n2)N(C2CCN(Cc4ccccc4)C2)CC3)c(C)c1.O=C(O)C(F)(F)F. The van der Waals surface area contributed by atoms with Gasteiger partial charge < -0.3 is 15.3 Å². The van der Waals surface area contributed by atoms with Crippen LogP contribution in [0.4, 0.5) is 30.6 Å². The van der Waals surface area contributed by atoms with Gasteiger partial charge in [-0.25, -0.2) is 9.78 Å². The molecule has 2 aromatic carbocycles. The number of nitrogens with one attached hydrogen (secondary N) is 1. The van der Waals surface area contributed by atoms with E-state index in [4.69, 9.17) is 19.9 Å². The van der Waals surface area contributed by atoms with Crippen molar-refractivity contribution in [3.8, 4) is 0 Å². The molecule has 0 radical (unpaired) electrons. The molecule has 3 heterocycles. The summed E-state index contributed by atoms with van der Waals surface area (Å²) < 4.78 is 31.7. The van der Waals surface area contributed by atoms with Gasteiger partial charge >= 0.3 is 12.1 Å². The predicted molar refractivity (Wildman–Crippen MR) is 146 cm³/mol. The van der Waals surface area contributed by atoms with Crippen LogP contribution in [-0.2, 0) is 17.8 Å². The molecule has 5 rings (SSSR count). The Bertz CT molecular complexity index is 1310. The number of anilines is 3. The lowest BCUT2D eigenvalue weighted by Crippen LogP contribution is -2.36. The van der Waals surface area contributed by atoms with E-state index in [0.29, 0.717) is 12.0 Å². The van der Waals surface area contributed by atoms with E-state index in [1.165, 1.54) is 34.2 Å². The molecule has 1 atom stereocenters. The second-order valence-corrected chi connectivity index (χ2v) is 10.2. The van der Waals surface area contributed by atoms with Crippen molar-refractivity contribution in [1.82, 2.24) is 14.9 Å². The molecular formula is C29H34F3N5O2. The van der Waals surface area contributed by atoms with Gasteiger partial charge in [0.25, 0.3) is 0 Å². The van der Waals surface area contributed by atoms with Crippen LogP contribution in [0.25, 0.3) is 0 Å². The second-order valence-electron chi connectivity index (χ2n) is 10.2. The van der Waals surface area contributed by atoms with Crippen LogP contribution >= 0.6 is 0 Å². The molecule has 0 saturated carbocycles. The van der Waals surface area contributed by atoms with Crippen LogP contribution in [0, 0.1) is 27.7 Å². The molecule has 2 aliphatic rings. The molecule has 0 aliphatic carbocycles. The van der Waals surface area contributed by atoms with E-state index < -0.39 is 12.1 Å². The maximum atomic E-state index is 10.6. The molecule has 0 bridgehead atoms. The van der Waals surface area contributed by atoms with Gasteiger partial charge in [-0.15, -0.1) is 0 Å². The number of carboxylic acid groups (broad SMARTS) is 1. The van der Waals surface area contributed by atoms with Crippen molar-refractivity contribution in [2.24, 2.45) is 0 Å². The van der Waals surface area contributed by atoms with E-state index >= 15 is 0 Å². The van der Waals surface area contributed by atoms with Crippen molar-refractivity contribution in [2.75, 3.05) is 29.9 Å². The Labute approximate surface area is 226 Å². The quantitative estimate of drug-likeness (QED) is 0.427. The highest BCUT2D eigenvalue weighted by Gasteiger charge is 2.38. The fraction of sp³-hybridized carbons (Fsp3) is 0.414. The number of hydrogen-bond acceptors (Lipinski definition) is 6. The molecule has 10 heteroatoms. The highest BCUT2D eigenvalue weighted by molar-refractivity contribution is 5.73. The van der Waals surface area contributed by atoms with Crippen LogP contribution in [-0.4, -0.2) is 57.8 Å².